The number of benzene rings is 2. The highest BCUT2D eigenvalue weighted by Gasteiger charge is 2.13. The van der Waals surface area contributed by atoms with Crippen LogP contribution in [0.1, 0.15) is 34.1 Å². The van der Waals surface area contributed by atoms with Crippen molar-refractivity contribution in [2.45, 2.75) is 26.6 Å². The third kappa shape index (κ3) is 2.92. The van der Waals surface area contributed by atoms with E-state index >= 15 is 0 Å². The minimum absolute atomic E-state index is 0.0920. The Labute approximate surface area is 117 Å². The lowest BCUT2D eigenvalue weighted by molar-refractivity contribution is -0.0439. The first-order chi connectivity index (χ1) is 9.38. The molecule has 2 rings (SSSR count). The summed E-state index contributed by atoms with van der Waals surface area (Å²) < 4.78 is 0. The van der Waals surface area contributed by atoms with Gasteiger partial charge in [0.05, 0.1) is 0 Å². The number of aryl methyl sites for hydroxylation is 2. The minimum Gasteiger partial charge on any atom is -0.508 e. The van der Waals surface area contributed by atoms with Gasteiger partial charge in [-0.2, -0.15) is 0 Å². The third-order valence-corrected chi connectivity index (χ3v) is 3.34. The Morgan fingerprint density at radius 1 is 0.900 bits per heavy atom. The van der Waals surface area contributed by atoms with Gasteiger partial charge < -0.3 is 20.4 Å². The summed E-state index contributed by atoms with van der Waals surface area (Å²) in [6, 6.07) is 8.73. The first kappa shape index (κ1) is 14.4. The maximum absolute atomic E-state index is 9.79. The molecule has 0 aliphatic rings. The van der Waals surface area contributed by atoms with Gasteiger partial charge in [-0.25, -0.2) is 0 Å². The Kier molecular flexibility index (Phi) is 3.97. The quantitative estimate of drug-likeness (QED) is 0.647. The Balaban J connectivity index is 2.36. The molecule has 0 aromatic heterocycles. The van der Waals surface area contributed by atoms with E-state index in [9.17, 15) is 20.4 Å². The van der Waals surface area contributed by atoms with Crippen LogP contribution in [0.3, 0.4) is 0 Å². The van der Waals surface area contributed by atoms with Crippen molar-refractivity contribution in [3.8, 4) is 11.5 Å². The number of phenolic OH excluding ortho intramolecular Hbond substituents is 2. The summed E-state index contributed by atoms with van der Waals surface area (Å²) in [5.41, 5.74) is 3.37. The summed E-state index contributed by atoms with van der Waals surface area (Å²) in [4.78, 5) is 0. The molecule has 0 fully saturated rings. The van der Waals surface area contributed by atoms with Crippen LogP contribution in [0.25, 0.3) is 0 Å². The van der Waals surface area contributed by atoms with Gasteiger partial charge in [-0.15, -0.1) is 0 Å². The summed E-state index contributed by atoms with van der Waals surface area (Å²) >= 11 is 0. The van der Waals surface area contributed by atoms with Crippen molar-refractivity contribution in [1.29, 1.82) is 0 Å². The first-order valence-electron chi connectivity index (χ1n) is 6.35. The highest BCUT2D eigenvalue weighted by Crippen LogP contribution is 2.29. The highest BCUT2D eigenvalue weighted by molar-refractivity contribution is 5.45. The first-order valence-corrected chi connectivity index (χ1v) is 6.35. The van der Waals surface area contributed by atoms with Gasteiger partial charge in [0.15, 0.2) is 6.29 Å². The molecule has 0 heterocycles. The molecule has 0 saturated carbocycles. The molecule has 0 amide bonds. The molecule has 0 aliphatic heterocycles. The van der Waals surface area contributed by atoms with Crippen molar-refractivity contribution in [1.82, 2.24) is 0 Å². The number of aliphatic hydroxyl groups excluding tert-OH is 1. The number of hydrogen-bond acceptors (Lipinski definition) is 4. The van der Waals surface area contributed by atoms with E-state index in [1.807, 2.05) is 25.1 Å². The number of rotatable bonds is 3. The van der Waals surface area contributed by atoms with Crippen LogP contribution >= 0.6 is 0 Å². The zero-order valence-electron chi connectivity index (χ0n) is 11.5. The van der Waals surface area contributed by atoms with Crippen LogP contribution in [0, 0.1) is 13.8 Å². The van der Waals surface area contributed by atoms with E-state index in [1.165, 1.54) is 0 Å². The Morgan fingerprint density at radius 3 is 2.15 bits per heavy atom. The largest absolute Gasteiger partial charge is 0.508 e. The maximum atomic E-state index is 9.79. The van der Waals surface area contributed by atoms with Crippen LogP contribution in [0.4, 0.5) is 0 Å². The summed E-state index contributed by atoms with van der Waals surface area (Å²) in [6.45, 7) is 3.54. The zero-order chi connectivity index (χ0) is 14.9. The fourth-order valence-corrected chi connectivity index (χ4v) is 2.25. The topological polar surface area (TPSA) is 80.9 Å². The summed E-state index contributed by atoms with van der Waals surface area (Å²) in [5, 5.41) is 37.8. The second kappa shape index (κ2) is 5.53. The molecule has 0 spiro atoms. The fraction of sp³-hybridized carbons (Fsp3) is 0.250. The van der Waals surface area contributed by atoms with E-state index in [-0.39, 0.29) is 17.1 Å². The molecule has 0 saturated heterocycles. The van der Waals surface area contributed by atoms with Crippen LogP contribution in [-0.2, 0) is 6.42 Å². The van der Waals surface area contributed by atoms with Gasteiger partial charge in [0, 0.05) is 5.56 Å². The number of phenols is 2. The Morgan fingerprint density at radius 2 is 1.55 bits per heavy atom. The average Bonchev–Trinajstić information content (AvgIpc) is 2.37. The summed E-state index contributed by atoms with van der Waals surface area (Å²) in [6.07, 6.45) is -1.11. The van der Waals surface area contributed by atoms with Crippen molar-refractivity contribution in [2.24, 2.45) is 0 Å². The number of aliphatic hydroxyl groups is 2. The van der Waals surface area contributed by atoms with Crippen LogP contribution in [-0.4, -0.2) is 20.4 Å². The smallest absolute Gasteiger partial charge is 0.182 e. The second-order valence-corrected chi connectivity index (χ2v) is 5.02. The predicted octanol–water partition coefficient (Wildman–Crippen LogP) is 2.29. The van der Waals surface area contributed by atoms with E-state index in [1.54, 1.807) is 19.1 Å². The third-order valence-electron chi connectivity index (χ3n) is 3.34. The van der Waals surface area contributed by atoms with Gasteiger partial charge >= 0.3 is 0 Å². The second-order valence-electron chi connectivity index (χ2n) is 5.02. The molecule has 0 unspecified atom stereocenters. The summed E-state index contributed by atoms with van der Waals surface area (Å²) in [7, 11) is 0. The molecule has 4 nitrogen and oxygen atoms in total. The molecule has 20 heavy (non-hydrogen) atoms. The monoisotopic (exact) mass is 274 g/mol. The van der Waals surface area contributed by atoms with Gasteiger partial charge in [-0.1, -0.05) is 18.2 Å². The van der Waals surface area contributed by atoms with Gasteiger partial charge in [0.2, 0.25) is 0 Å². The SMILES string of the molecule is Cc1cc(Cc2cc(C)c(O)c(C(O)O)c2)ccc1O. The lowest BCUT2D eigenvalue weighted by Crippen LogP contribution is -1.99. The molecule has 0 aliphatic carbocycles. The van der Waals surface area contributed by atoms with E-state index in [2.05, 4.69) is 0 Å². The van der Waals surface area contributed by atoms with Gasteiger partial charge in [0.1, 0.15) is 11.5 Å². The highest BCUT2D eigenvalue weighted by atomic mass is 16.5. The number of aromatic hydroxyl groups is 2. The van der Waals surface area contributed by atoms with Gasteiger partial charge in [0.25, 0.3) is 0 Å². The van der Waals surface area contributed by atoms with E-state index in [0.29, 0.717) is 12.0 Å². The summed E-state index contributed by atoms with van der Waals surface area (Å²) in [5.74, 6) is 0.160. The van der Waals surface area contributed by atoms with Crippen molar-refractivity contribution < 1.29 is 20.4 Å². The van der Waals surface area contributed by atoms with Crippen LogP contribution in [0.15, 0.2) is 30.3 Å². The van der Waals surface area contributed by atoms with Gasteiger partial charge in [-0.05, 0) is 54.7 Å². The fourth-order valence-electron chi connectivity index (χ4n) is 2.25. The molecule has 2 aromatic carbocycles. The molecule has 4 N–H and O–H groups in total. The van der Waals surface area contributed by atoms with E-state index < -0.39 is 6.29 Å². The van der Waals surface area contributed by atoms with Crippen molar-refractivity contribution in [2.75, 3.05) is 0 Å². The molecule has 0 atom stereocenters. The van der Waals surface area contributed by atoms with Crippen molar-refractivity contribution in [3.05, 3.63) is 58.1 Å². The lowest BCUT2D eigenvalue weighted by atomic mass is 9.98. The molecule has 0 radical (unpaired) electrons. The minimum atomic E-state index is -1.70. The molecule has 4 heteroatoms. The van der Waals surface area contributed by atoms with Crippen LogP contribution < -0.4 is 0 Å². The lowest BCUT2D eigenvalue weighted by Gasteiger charge is -2.12. The molecule has 0 bridgehead atoms. The Hall–Kier alpha value is -2.04. The predicted molar refractivity (Wildman–Crippen MR) is 75.7 cm³/mol. The standard InChI is InChI=1S/C16H18O4/c1-9-5-11(3-4-14(9)17)7-12-6-10(2)15(18)13(8-12)16(19)20/h3-6,8,16-20H,7H2,1-2H3. The zero-order valence-corrected chi connectivity index (χ0v) is 11.5. The maximum Gasteiger partial charge on any atom is 0.182 e. The average molecular weight is 274 g/mol. The molecule has 2 aromatic rings. The Bertz CT molecular complexity index is 633. The van der Waals surface area contributed by atoms with Crippen molar-refractivity contribution >= 4 is 0 Å². The molecular formula is C16H18O4. The van der Waals surface area contributed by atoms with Gasteiger partial charge in [-0.3, -0.25) is 0 Å². The number of hydrogen-bond donors (Lipinski definition) is 4. The van der Waals surface area contributed by atoms with E-state index in [4.69, 9.17) is 0 Å². The van der Waals surface area contributed by atoms with E-state index in [0.717, 1.165) is 16.7 Å². The van der Waals surface area contributed by atoms with Crippen molar-refractivity contribution in [3.63, 3.8) is 0 Å². The van der Waals surface area contributed by atoms with Crippen LogP contribution in [0.2, 0.25) is 0 Å². The normalized spacial score (nSPS) is 11.1. The van der Waals surface area contributed by atoms with Crippen LogP contribution in [0.5, 0.6) is 11.5 Å². The molecule has 106 valence electrons. The molecular weight excluding hydrogens is 256 g/mol.